The van der Waals surface area contributed by atoms with Crippen molar-refractivity contribution in [2.24, 2.45) is 5.92 Å². The number of rotatable bonds is 3. The van der Waals surface area contributed by atoms with Crippen molar-refractivity contribution in [1.82, 2.24) is 4.31 Å². The van der Waals surface area contributed by atoms with Crippen LogP contribution in [0.4, 0.5) is 4.39 Å². The molecule has 1 unspecified atom stereocenters. The van der Waals surface area contributed by atoms with Gasteiger partial charge in [-0.2, -0.15) is 4.31 Å². The Balaban J connectivity index is 2.40. The number of halogens is 2. The standard InChI is InChI=1S/C14H19ClFNO2S/c1-10-6-13(16)7-11(2)14(10)20(18,19)17-5-3-4-12(8-15)9-17/h6-7,12H,3-5,8-9H2,1-2H3. The molecule has 0 spiro atoms. The lowest BCUT2D eigenvalue weighted by Gasteiger charge is -2.31. The van der Waals surface area contributed by atoms with Crippen LogP contribution in [-0.4, -0.2) is 31.7 Å². The van der Waals surface area contributed by atoms with E-state index in [4.69, 9.17) is 11.6 Å². The molecule has 1 saturated heterocycles. The van der Waals surface area contributed by atoms with Crippen LogP contribution in [0.25, 0.3) is 0 Å². The minimum Gasteiger partial charge on any atom is -0.207 e. The van der Waals surface area contributed by atoms with E-state index in [0.717, 1.165) is 12.8 Å². The maximum absolute atomic E-state index is 13.3. The number of sulfonamides is 1. The molecular formula is C14H19ClFNO2S. The van der Waals surface area contributed by atoms with Crippen LogP contribution in [0.2, 0.25) is 0 Å². The first-order chi connectivity index (χ1) is 9.36. The second-order valence-electron chi connectivity index (χ2n) is 5.39. The first-order valence-corrected chi connectivity index (χ1v) is 8.66. The summed E-state index contributed by atoms with van der Waals surface area (Å²) in [5, 5.41) is 0. The van der Waals surface area contributed by atoms with Crippen LogP contribution in [0.15, 0.2) is 17.0 Å². The molecule has 1 aliphatic heterocycles. The average molecular weight is 320 g/mol. The summed E-state index contributed by atoms with van der Waals surface area (Å²) in [7, 11) is -3.58. The van der Waals surface area contributed by atoms with Gasteiger partial charge in [0, 0.05) is 19.0 Å². The number of hydrogen-bond acceptors (Lipinski definition) is 2. The SMILES string of the molecule is Cc1cc(F)cc(C)c1S(=O)(=O)N1CCCC(CCl)C1. The van der Waals surface area contributed by atoms with Gasteiger partial charge < -0.3 is 0 Å². The maximum atomic E-state index is 13.3. The number of alkyl halides is 1. The van der Waals surface area contributed by atoms with Gasteiger partial charge in [-0.15, -0.1) is 11.6 Å². The van der Waals surface area contributed by atoms with Crippen molar-refractivity contribution < 1.29 is 12.8 Å². The molecule has 0 N–H and O–H groups in total. The van der Waals surface area contributed by atoms with Crippen molar-refractivity contribution in [3.05, 3.63) is 29.1 Å². The summed E-state index contributed by atoms with van der Waals surface area (Å²) in [6.07, 6.45) is 1.77. The lowest BCUT2D eigenvalue weighted by atomic mass is 10.0. The fraction of sp³-hybridized carbons (Fsp3) is 0.571. The van der Waals surface area contributed by atoms with E-state index in [1.807, 2.05) is 0 Å². The van der Waals surface area contributed by atoms with Gasteiger partial charge in [0.1, 0.15) is 5.82 Å². The minimum atomic E-state index is -3.58. The molecular weight excluding hydrogens is 301 g/mol. The van der Waals surface area contributed by atoms with Gasteiger partial charge in [0.05, 0.1) is 4.90 Å². The fourth-order valence-electron chi connectivity index (χ4n) is 2.80. The normalized spacial score (nSPS) is 21.1. The van der Waals surface area contributed by atoms with Crippen LogP contribution in [0.3, 0.4) is 0 Å². The zero-order chi connectivity index (χ0) is 14.9. The van der Waals surface area contributed by atoms with Gasteiger partial charge in [0.25, 0.3) is 0 Å². The molecule has 0 radical (unpaired) electrons. The van der Waals surface area contributed by atoms with Crippen molar-refractivity contribution >= 4 is 21.6 Å². The monoisotopic (exact) mass is 319 g/mol. The molecule has 1 aromatic rings. The molecule has 0 aromatic heterocycles. The smallest absolute Gasteiger partial charge is 0.207 e. The molecule has 1 heterocycles. The van der Waals surface area contributed by atoms with E-state index >= 15 is 0 Å². The molecule has 0 aliphatic carbocycles. The summed E-state index contributed by atoms with van der Waals surface area (Å²) in [4.78, 5) is 0.231. The van der Waals surface area contributed by atoms with Crippen LogP contribution >= 0.6 is 11.6 Å². The molecule has 0 amide bonds. The van der Waals surface area contributed by atoms with E-state index in [1.54, 1.807) is 13.8 Å². The second kappa shape index (κ2) is 6.00. The van der Waals surface area contributed by atoms with Crippen molar-refractivity contribution in [3.8, 4) is 0 Å². The Bertz CT molecular complexity index is 580. The second-order valence-corrected chi connectivity index (χ2v) is 7.58. The van der Waals surface area contributed by atoms with Gasteiger partial charge in [-0.3, -0.25) is 0 Å². The van der Waals surface area contributed by atoms with Crippen molar-refractivity contribution in [1.29, 1.82) is 0 Å². The summed E-state index contributed by atoms with van der Waals surface area (Å²) >= 11 is 5.85. The topological polar surface area (TPSA) is 37.4 Å². The molecule has 1 fully saturated rings. The average Bonchev–Trinajstić information content (AvgIpc) is 2.37. The van der Waals surface area contributed by atoms with E-state index in [-0.39, 0.29) is 10.8 Å². The Morgan fingerprint density at radius 3 is 2.50 bits per heavy atom. The summed E-state index contributed by atoms with van der Waals surface area (Å²) in [6.45, 7) is 4.21. The first-order valence-electron chi connectivity index (χ1n) is 6.69. The lowest BCUT2D eigenvalue weighted by molar-refractivity contribution is 0.283. The van der Waals surface area contributed by atoms with E-state index in [0.29, 0.717) is 30.1 Å². The summed E-state index contributed by atoms with van der Waals surface area (Å²) in [6, 6.07) is 2.53. The highest BCUT2D eigenvalue weighted by molar-refractivity contribution is 7.89. The highest BCUT2D eigenvalue weighted by Crippen LogP contribution is 2.28. The third-order valence-corrected chi connectivity index (χ3v) is 6.33. The molecule has 1 atom stereocenters. The Morgan fingerprint density at radius 2 is 1.95 bits per heavy atom. The zero-order valence-electron chi connectivity index (χ0n) is 11.7. The van der Waals surface area contributed by atoms with Crippen molar-refractivity contribution in [2.75, 3.05) is 19.0 Å². The van der Waals surface area contributed by atoms with Gasteiger partial charge >= 0.3 is 0 Å². The van der Waals surface area contributed by atoms with E-state index < -0.39 is 15.8 Å². The summed E-state index contributed by atoms with van der Waals surface area (Å²) in [5.74, 6) is 0.255. The molecule has 112 valence electrons. The summed E-state index contributed by atoms with van der Waals surface area (Å²) in [5.41, 5.74) is 0.908. The van der Waals surface area contributed by atoms with Gasteiger partial charge in [-0.05, 0) is 55.9 Å². The fourth-order valence-corrected chi connectivity index (χ4v) is 5.02. The Morgan fingerprint density at radius 1 is 1.35 bits per heavy atom. The van der Waals surface area contributed by atoms with Crippen LogP contribution in [0.1, 0.15) is 24.0 Å². The number of piperidine rings is 1. The molecule has 0 saturated carbocycles. The van der Waals surface area contributed by atoms with Crippen LogP contribution in [0.5, 0.6) is 0 Å². The Hall–Kier alpha value is -0.650. The van der Waals surface area contributed by atoms with Crippen LogP contribution < -0.4 is 0 Å². The molecule has 3 nitrogen and oxygen atoms in total. The Kier molecular flexibility index (Phi) is 4.72. The number of aryl methyl sites for hydroxylation is 2. The Labute approximate surface area is 124 Å². The first kappa shape index (κ1) is 15.7. The molecule has 0 bridgehead atoms. The zero-order valence-corrected chi connectivity index (χ0v) is 13.3. The maximum Gasteiger partial charge on any atom is 0.243 e. The summed E-state index contributed by atoms with van der Waals surface area (Å²) < 4.78 is 40.3. The number of nitrogens with zero attached hydrogens (tertiary/aromatic N) is 1. The molecule has 6 heteroatoms. The van der Waals surface area contributed by atoms with Crippen LogP contribution in [-0.2, 0) is 10.0 Å². The minimum absolute atomic E-state index is 0.196. The number of benzene rings is 1. The predicted molar refractivity (Wildman–Crippen MR) is 78.1 cm³/mol. The van der Waals surface area contributed by atoms with Gasteiger partial charge in [-0.1, -0.05) is 0 Å². The van der Waals surface area contributed by atoms with E-state index in [9.17, 15) is 12.8 Å². The van der Waals surface area contributed by atoms with Gasteiger partial charge in [0.15, 0.2) is 0 Å². The van der Waals surface area contributed by atoms with Gasteiger partial charge in [0.2, 0.25) is 10.0 Å². The van der Waals surface area contributed by atoms with Gasteiger partial charge in [-0.25, -0.2) is 12.8 Å². The highest BCUT2D eigenvalue weighted by Gasteiger charge is 2.32. The van der Waals surface area contributed by atoms with E-state index in [1.165, 1.54) is 16.4 Å². The third-order valence-electron chi connectivity index (χ3n) is 3.72. The molecule has 1 aromatic carbocycles. The van der Waals surface area contributed by atoms with Crippen LogP contribution in [0, 0.1) is 25.6 Å². The molecule has 2 rings (SSSR count). The number of hydrogen-bond donors (Lipinski definition) is 0. The predicted octanol–water partition coefficient (Wildman–Crippen LogP) is 3.08. The largest absolute Gasteiger partial charge is 0.243 e. The quantitative estimate of drug-likeness (QED) is 0.803. The highest BCUT2D eigenvalue weighted by atomic mass is 35.5. The van der Waals surface area contributed by atoms with Crippen molar-refractivity contribution in [3.63, 3.8) is 0 Å². The molecule has 1 aliphatic rings. The van der Waals surface area contributed by atoms with E-state index in [2.05, 4.69) is 0 Å². The third kappa shape index (κ3) is 3.00. The molecule has 20 heavy (non-hydrogen) atoms. The lowest BCUT2D eigenvalue weighted by Crippen LogP contribution is -2.40. The van der Waals surface area contributed by atoms with Crippen molar-refractivity contribution in [2.45, 2.75) is 31.6 Å².